The molecule has 0 aromatic heterocycles. The van der Waals surface area contributed by atoms with Gasteiger partial charge in [0.25, 0.3) is 0 Å². The van der Waals surface area contributed by atoms with E-state index in [4.69, 9.17) is 19.8 Å². The normalized spacial score (nSPS) is 17.6. The van der Waals surface area contributed by atoms with Gasteiger partial charge in [-0.1, -0.05) is 39.8 Å². The van der Waals surface area contributed by atoms with Gasteiger partial charge in [0, 0.05) is 0 Å². The Kier molecular flexibility index (Phi) is 11.7. The van der Waals surface area contributed by atoms with E-state index in [2.05, 4.69) is 51.5 Å². The van der Waals surface area contributed by atoms with Crippen molar-refractivity contribution in [2.45, 2.75) is 86.7 Å². The minimum Gasteiger partial charge on any atom is -0.468 e. The molecule has 1 aromatic rings. The molecule has 1 saturated heterocycles. The van der Waals surface area contributed by atoms with Gasteiger partial charge in [0.2, 0.25) is 0 Å². The van der Waals surface area contributed by atoms with Crippen LogP contribution in [0.5, 0.6) is 0 Å². The molecular formula is C22H40BNO5. The number of carbonyl (C=O) groups is 1. The van der Waals surface area contributed by atoms with Gasteiger partial charge in [-0.25, -0.2) is 0 Å². The molecule has 0 unspecified atom stereocenters. The zero-order valence-corrected chi connectivity index (χ0v) is 20.0. The zero-order valence-electron chi connectivity index (χ0n) is 20.0. The number of hydrogen-bond acceptors (Lipinski definition) is 6. The van der Waals surface area contributed by atoms with Crippen molar-refractivity contribution in [2.75, 3.05) is 13.7 Å². The topological polar surface area (TPSA) is 80.0 Å². The average Bonchev–Trinajstić information content (AvgIpc) is 3.28. The second-order valence-corrected chi connectivity index (χ2v) is 7.29. The molecule has 2 aliphatic heterocycles. The molecule has 6 nitrogen and oxygen atoms in total. The van der Waals surface area contributed by atoms with E-state index in [-0.39, 0.29) is 30.8 Å². The highest BCUT2D eigenvalue weighted by Crippen LogP contribution is 2.37. The van der Waals surface area contributed by atoms with Crippen molar-refractivity contribution in [3.8, 4) is 0 Å². The van der Waals surface area contributed by atoms with Gasteiger partial charge in [0.1, 0.15) is 0 Å². The molecule has 7 heteroatoms. The summed E-state index contributed by atoms with van der Waals surface area (Å²) in [4.78, 5) is 9.83. The van der Waals surface area contributed by atoms with Crippen molar-refractivity contribution in [2.24, 2.45) is 5.73 Å². The summed E-state index contributed by atoms with van der Waals surface area (Å²) in [6.45, 7) is 19.8. The molecule has 0 spiro atoms. The van der Waals surface area contributed by atoms with Crippen LogP contribution >= 0.6 is 0 Å². The van der Waals surface area contributed by atoms with Crippen LogP contribution < -0.4 is 11.2 Å². The van der Waals surface area contributed by atoms with Crippen LogP contribution in [0.25, 0.3) is 0 Å². The Morgan fingerprint density at radius 1 is 1.03 bits per heavy atom. The van der Waals surface area contributed by atoms with E-state index in [1.165, 1.54) is 23.8 Å². The fourth-order valence-electron chi connectivity index (χ4n) is 2.73. The van der Waals surface area contributed by atoms with Gasteiger partial charge in [0.15, 0.2) is 0 Å². The van der Waals surface area contributed by atoms with Crippen LogP contribution in [0.1, 0.15) is 72.1 Å². The highest BCUT2D eigenvalue weighted by molar-refractivity contribution is 6.62. The van der Waals surface area contributed by atoms with Crippen molar-refractivity contribution in [3.05, 3.63) is 28.8 Å². The largest absolute Gasteiger partial charge is 0.495 e. The second kappa shape index (κ2) is 12.3. The Bertz CT molecular complexity index is 624. The van der Waals surface area contributed by atoms with Gasteiger partial charge < -0.3 is 24.5 Å². The Hall–Kier alpha value is -1.41. The number of benzene rings is 1. The molecule has 2 N–H and O–H groups in total. The van der Waals surface area contributed by atoms with Gasteiger partial charge in [-0.2, -0.15) is 0 Å². The monoisotopic (exact) mass is 409 g/mol. The summed E-state index contributed by atoms with van der Waals surface area (Å²) in [6.07, 6.45) is 0. The first-order chi connectivity index (χ1) is 13.6. The molecule has 1 fully saturated rings. The Morgan fingerprint density at radius 3 is 1.93 bits per heavy atom. The van der Waals surface area contributed by atoms with E-state index < -0.39 is 0 Å². The standard InChI is InChI=1S/C15H21BO3.C3H7NO2.2C2H6/c1-10-6-7-13(12-9-17-8-11(10)12)16-18-14(2,3)15(4,5)19-16;1-6-3(5)2-4;2*1-2/h6-7H,8-9H2,1-5H3;2,4H2,1H3;2*1-2H3. The molecule has 2 aliphatic rings. The Labute approximate surface area is 177 Å². The molecule has 0 aliphatic carbocycles. The highest BCUT2D eigenvalue weighted by Gasteiger charge is 2.52. The van der Waals surface area contributed by atoms with Crippen molar-refractivity contribution < 1.29 is 23.6 Å². The van der Waals surface area contributed by atoms with Crippen molar-refractivity contribution in [1.82, 2.24) is 0 Å². The molecule has 166 valence electrons. The molecular weight excluding hydrogens is 369 g/mol. The molecule has 2 heterocycles. The van der Waals surface area contributed by atoms with E-state index in [0.29, 0.717) is 13.2 Å². The number of aryl methyl sites for hydroxylation is 1. The lowest BCUT2D eigenvalue weighted by molar-refractivity contribution is -0.138. The summed E-state index contributed by atoms with van der Waals surface area (Å²) in [5, 5.41) is 0. The summed E-state index contributed by atoms with van der Waals surface area (Å²) in [5.74, 6) is -0.380. The van der Waals surface area contributed by atoms with E-state index >= 15 is 0 Å². The van der Waals surface area contributed by atoms with Crippen molar-refractivity contribution in [3.63, 3.8) is 0 Å². The molecule has 3 rings (SSSR count). The third kappa shape index (κ3) is 6.81. The highest BCUT2D eigenvalue weighted by atomic mass is 16.7. The Balaban J connectivity index is 0.000000670. The number of hydrogen-bond donors (Lipinski definition) is 1. The third-order valence-electron chi connectivity index (χ3n) is 5.10. The minimum absolute atomic E-state index is 0.0312. The minimum atomic E-state index is -0.380. The zero-order chi connectivity index (χ0) is 22.8. The number of fused-ring (bicyclic) bond motifs is 1. The summed E-state index contributed by atoms with van der Waals surface area (Å²) in [6, 6.07) is 4.25. The first-order valence-electron chi connectivity index (χ1n) is 10.4. The molecule has 0 saturated carbocycles. The Morgan fingerprint density at radius 2 is 1.52 bits per heavy atom. The van der Waals surface area contributed by atoms with Crippen LogP contribution in [-0.4, -0.2) is 37.9 Å². The predicted molar refractivity (Wildman–Crippen MR) is 119 cm³/mol. The van der Waals surface area contributed by atoms with Crippen LogP contribution in [0.4, 0.5) is 0 Å². The van der Waals surface area contributed by atoms with Crippen LogP contribution in [0.3, 0.4) is 0 Å². The SMILES string of the molecule is CC.CC.COC(=O)CN.Cc1ccc(B2OC(C)(C)C(C)(C)O2)c2c1COC2. The molecule has 0 amide bonds. The van der Waals surface area contributed by atoms with E-state index in [1.807, 2.05) is 27.7 Å². The first-order valence-corrected chi connectivity index (χ1v) is 10.4. The van der Waals surface area contributed by atoms with Crippen molar-refractivity contribution >= 4 is 18.6 Å². The lowest BCUT2D eigenvalue weighted by Crippen LogP contribution is -2.41. The second-order valence-electron chi connectivity index (χ2n) is 7.29. The lowest BCUT2D eigenvalue weighted by atomic mass is 9.74. The van der Waals surface area contributed by atoms with E-state index in [9.17, 15) is 4.79 Å². The number of carbonyl (C=O) groups excluding carboxylic acids is 1. The van der Waals surface area contributed by atoms with Gasteiger partial charge in [-0.3, -0.25) is 4.79 Å². The van der Waals surface area contributed by atoms with Gasteiger partial charge in [-0.05, 0) is 56.8 Å². The van der Waals surface area contributed by atoms with Gasteiger partial charge >= 0.3 is 13.1 Å². The molecule has 0 bridgehead atoms. The number of esters is 1. The van der Waals surface area contributed by atoms with Crippen LogP contribution in [0.2, 0.25) is 0 Å². The lowest BCUT2D eigenvalue weighted by Gasteiger charge is -2.32. The third-order valence-corrected chi connectivity index (χ3v) is 5.10. The number of rotatable bonds is 2. The fourth-order valence-corrected chi connectivity index (χ4v) is 2.73. The first kappa shape index (κ1) is 27.6. The van der Waals surface area contributed by atoms with Crippen LogP contribution in [0, 0.1) is 6.92 Å². The molecule has 29 heavy (non-hydrogen) atoms. The summed E-state index contributed by atoms with van der Waals surface area (Å²) >= 11 is 0. The number of nitrogens with two attached hydrogens (primary N) is 1. The molecule has 0 radical (unpaired) electrons. The van der Waals surface area contributed by atoms with Crippen LogP contribution in [-0.2, 0) is 36.8 Å². The smallest absolute Gasteiger partial charge is 0.468 e. The quantitative estimate of drug-likeness (QED) is 0.595. The van der Waals surface area contributed by atoms with Crippen LogP contribution in [0.15, 0.2) is 12.1 Å². The molecule has 1 aromatic carbocycles. The molecule has 0 atom stereocenters. The fraction of sp³-hybridized carbons (Fsp3) is 0.682. The van der Waals surface area contributed by atoms with E-state index in [0.717, 1.165) is 5.46 Å². The summed E-state index contributed by atoms with van der Waals surface area (Å²) in [7, 11) is 1.01. The maximum absolute atomic E-state index is 9.83. The summed E-state index contributed by atoms with van der Waals surface area (Å²) in [5.41, 5.74) is 9.17. The number of methoxy groups -OCH3 is 1. The van der Waals surface area contributed by atoms with E-state index in [1.54, 1.807) is 0 Å². The van der Waals surface area contributed by atoms with Gasteiger partial charge in [-0.15, -0.1) is 0 Å². The average molecular weight is 409 g/mol. The maximum Gasteiger partial charge on any atom is 0.495 e. The predicted octanol–water partition coefficient (Wildman–Crippen LogP) is 3.49. The van der Waals surface area contributed by atoms with Gasteiger partial charge in [0.05, 0.1) is 38.1 Å². The maximum atomic E-state index is 9.83. The summed E-state index contributed by atoms with van der Waals surface area (Å²) < 4.78 is 22.0. The van der Waals surface area contributed by atoms with Crippen molar-refractivity contribution in [1.29, 1.82) is 0 Å². The number of ether oxygens (including phenoxy) is 2.